The number of sulfonamides is 1. The Kier molecular flexibility index (Phi) is 5.87. The highest BCUT2D eigenvalue weighted by atomic mass is 32.2. The molecule has 1 saturated heterocycles. The van der Waals surface area contributed by atoms with Gasteiger partial charge in [0.15, 0.2) is 34.7 Å². The van der Waals surface area contributed by atoms with Gasteiger partial charge < -0.3 is 19.5 Å². The van der Waals surface area contributed by atoms with Crippen molar-refractivity contribution in [1.82, 2.24) is 14.2 Å². The van der Waals surface area contributed by atoms with Crippen LogP contribution >= 0.6 is 0 Å². The lowest BCUT2D eigenvalue weighted by Gasteiger charge is -2.23. The largest absolute Gasteiger partial charge is 0.489 e. The van der Waals surface area contributed by atoms with Gasteiger partial charge in [-0.05, 0) is 6.08 Å². The van der Waals surface area contributed by atoms with Gasteiger partial charge in [0, 0.05) is 62.3 Å². The summed E-state index contributed by atoms with van der Waals surface area (Å²) in [5, 5.41) is 2.24. The summed E-state index contributed by atoms with van der Waals surface area (Å²) in [4.78, 5) is 30.5. The molecule has 1 aromatic carbocycles. The third-order valence-electron chi connectivity index (χ3n) is 6.22. The van der Waals surface area contributed by atoms with Crippen molar-refractivity contribution in [3.63, 3.8) is 0 Å². The van der Waals surface area contributed by atoms with Crippen molar-refractivity contribution in [3.8, 4) is 5.75 Å². The summed E-state index contributed by atoms with van der Waals surface area (Å²) in [7, 11) is -2.73. The summed E-state index contributed by atoms with van der Waals surface area (Å²) in [6.07, 6.45) is 4.08. The average Bonchev–Trinajstić information content (AvgIpc) is 3.35. The molecule has 2 unspecified atom stereocenters. The fourth-order valence-corrected chi connectivity index (χ4v) is 5.98. The Morgan fingerprint density at radius 2 is 1.94 bits per heavy atom. The van der Waals surface area contributed by atoms with Gasteiger partial charge in [-0.3, -0.25) is 9.59 Å². The van der Waals surface area contributed by atoms with Crippen molar-refractivity contribution < 1.29 is 35.9 Å². The maximum absolute atomic E-state index is 13.6. The highest BCUT2D eigenvalue weighted by Crippen LogP contribution is 2.35. The molecule has 0 aliphatic carbocycles. The molecule has 14 heteroatoms. The summed E-state index contributed by atoms with van der Waals surface area (Å²) < 4.78 is 76.6. The molecule has 0 spiro atoms. The Morgan fingerprint density at radius 3 is 2.64 bits per heavy atom. The monoisotopic (exact) mass is 523 g/mol. The first-order valence-electron chi connectivity index (χ1n) is 10.8. The van der Waals surface area contributed by atoms with E-state index in [1.807, 2.05) is 4.90 Å². The van der Waals surface area contributed by atoms with Gasteiger partial charge in [0.1, 0.15) is 10.7 Å². The lowest BCUT2D eigenvalue weighted by molar-refractivity contribution is -0.113. The molecule has 5 rings (SSSR count). The molecule has 1 aromatic heterocycles. The van der Waals surface area contributed by atoms with E-state index in [-0.39, 0.29) is 53.3 Å². The van der Waals surface area contributed by atoms with Crippen molar-refractivity contribution in [1.29, 1.82) is 0 Å². The number of rotatable bonds is 2. The summed E-state index contributed by atoms with van der Waals surface area (Å²) >= 11 is 0. The van der Waals surface area contributed by atoms with Gasteiger partial charge >= 0.3 is 0 Å². The SMILES string of the molecule is Cn1cc2c(c1C(=O)Nc1cc(F)c(F)c(F)c1)OCC1CN(C3=NC=CC(=O)C3)CC1NS2(=O)=O. The predicted molar refractivity (Wildman–Crippen MR) is 121 cm³/mol. The van der Waals surface area contributed by atoms with E-state index >= 15 is 0 Å². The average molecular weight is 523 g/mol. The molecular formula is C22H20F3N5O5S. The molecule has 4 heterocycles. The van der Waals surface area contributed by atoms with Crippen LogP contribution in [0.2, 0.25) is 0 Å². The van der Waals surface area contributed by atoms with E-state index in [4.69, 9.17) is 4.74 Å². The van der Waals surface area contributed by atoms with Crippen molar-refractivity contribution >= 4 is 33.2 Å². The van der Waals surface area contributed by atoms with Crippen LogP contribution in [0, 0.1) is 23.4 Å². The van der Waals surface area contributed by atoms with E-state index in [0.29, 0.717) is 24.5 Å². The molecule has 3 aliphatic heterocycles. The number of hydrogen-bond donors (Lipinski definition) is 2. The molecule has 2 N–H and O–H groups in total. The number of benzene rings is 1. The summed E-state index contributed by atoms with van der Waals surface area (Å²) in [5.41, 5.74) is -0.567. The number of aryl methyl sites for hydroxylation is 1. The zero-order valence-electron chi connectivity index (χ0n) is 18.8. The second-order valence-corrected chi connectivity index (χ2v) is 10.4. The highest BCUT2D eigenvalue weighted by Gasteiger charge is 2.42. The number of likely N-dealkylation sites (tertiary alicyclic amines) is 1. The van der Waals surface area contributed by atoms with E-state index in [1.54, 1.807) is 0 Å². The van der Waals surface area contributed by atoms with Crippen LogP contribution in [0.1, 0.15) is 16.9 Å². The van der Waals surface area contributed by atoms with Crippen molar-refractivity contribution in [2.45, 2.75) is 17.4 Å². The number of nitrogens with zero attached hydrogens (tertiary/aromatic N) is 3. The highest BCUT2D eigenvalue weighted by molar-refractivity contribution is 7.89. The number of carbonyl (C=O) groups excluding carboxylic acids is 2. The fraction of sp³-hybridized carbons (Fsp3) is 0.318. The number of amidine groups is 1. The summed E-state index contributed by atoms with van der Waals surface area (Å²) in [5.74, 6) is -5.71. The van der Waals surface area contributed by atoms with Crippen LogP contribution in [-0.2, 0) is 21.9 Å². The Hall–Kier alpha value is -3.65. The lowest BCUT2D eigenvalue weighted by atomic mass is 10.1. The molecule has 0 bridgehead atoms. The molecule has 0 saturated carbocycles. The van der Waals surface area contributed by atoms with E-state index < -0.39 is 39.4 Å². The predicted octanol–water partition coefficient (Wildman–Crippen LogP) is 1.55. The van der Waals surface area contributed by atoms with Crippen LogP contribution in [0.5, 0.6) is 5.75 Å². The maximum Gasteiger partial charge on any atom is 0.276 e. The number of anilines is 1. The van der Waals surface area contributed by atoms with Gasteiger partial charge in [-0.15, -0.1) is 0 Å². The number of aromatic nitrogens is 1. The third-order valence-corrected chi connectivity index (χ3v) is 7.70. The Bertz CT molecular complexity index is 1430. The number of allylic oxidation sites excluding steroid dienone is 1. The van der Waals surface area contributed by atoms with Gasteiger partial charge in [0.05, 0.1) is 13.0 Å². The number of nitrogens with one attached hydrogen (secondary N) is 2. The van der Waals surface area contributed by atoms with Gasteiger partial charge in [0.2, 0.25) is 10.0 Å². The number of aliphatic imine (C=N–C) groups is 1. The van der Waals surface area contributed by atoms with Crippen molar-refractivity contribution in [2.24, 2.45) is 18.0 Å². The zero-order chi connectivity index (χ0) is 25.8. The maximum atomic E-state index is 13.6. The van der Waals surface area contributed by atoms with Crippen LogP contribution in [0.4, 0.5) is 18.9 Å². The molecule has 0 radical (unpaired) electrons. The van der Waals surface area contributed by atoms with Gasteiger partial charge in [0.25, 0.3) is 5.91 Å². The Labute approximate surface area is 203 Å². The molecule has 3 aliphatic rings. The van der Waals surface area contributed by atoms with Gasteiger partial charge in [-0.1, -0.05) is 0 Å². The first kappa shape index (κ1) is 24.1. The summed E-state index contributed by atoms with van der Waals surface area (Å²) in [6, 6.07) is 0.677. The zero-order valence-corrected chi connectivity index (χ0v) is 19.6. The number of amides is 1. The van der Waals surface area contributed by atoms with E-state index in [1.165, 1.54) is 30.1 Å². The van der Waals surface area contributed by atoms with Crippen LogP contribution in [0.15, 0.2) is 40.5 Å². The van der Waals surface area contributed by atoms with Crippen molar-refractivity contribution in [2.75, 3.05) is 25.0 Å². The molecule has 10 nitrogen and oxygen atoms in total. The number of fused-ring (bicyclic) bond motifs is 2. The minimum absolute atomic E-state index is 0.0395. The van der Waals surface area contributed by atoms with Crippen molar-refractivity contribution in [3.05, 3.63) is 53.8 Å². The quantitative estimate of drug-likeness (QED) is 0.576. The van der Waals surface area contributed by atoms with Crippen LogP contribution in [-0.4, -0.2) is 61.1 Å². The number of ketones is 1. The number of halogens is 3. The first-order valence-corrected chi connectivity index (χ1v) is 12.3. The van der Waals surface area contributed by atoms with E-state index in [9.17, 15) is 31.2 Å². The topological polar surface area (TPSA) is 122 Å². The van der Waals surface area contributed by atoms with Crippen LogP contribution in [0.25, 0.3) is 0 Å². The van der Waals surface area contributed by atoms with E-state index in [0.717, 1.165) is 0 Å². The second kappa shape index (κ2) is 8.78. The molecule has 2 atom stereocenters. The molecular weight excluding hydrogens is 503 g/mol. The molecule has 1 fully saturated rings. The second-order valence-electron chi connectivity index (χ2n) is 8.70. The van der Waals surface area contributed by atoms with E-state index in [2.05, 4.69) is 15.0 Å². The minimum Gasteiger partial charge on any atom is -0.489 e. The smallest absolute Gasteiger partial charge is 0.276 e. The summed E-state index contributed by atoms with van der Waals surface area (Å²) in [6.45, 7) is 0.688. The first-order chi connectivity index (χ1) is 17.0. The lowest BCUT2D eigenvalue weighted by Crippen LogP contribution is -2.43. The number of carbonyl (C=O) groups is 2. The molecule has 190 valence electrons. The Morgan fingerprint density at radius 1 is 1.22 bits per heavy atom. The normalized spacial score (nSPS) is 22.7. The van der Waals surface area contributed by atoms with Gasteiger partial charge in [-0.2, -0.15) is 0 Å². The van der Waals surface area contributed by atoms with Crippen LogP contribution in [0.3, 0.4) is 0 Å². The minimum atomic E-state index is -4.14. The Balaban J connectivity index is 1.42. The van der Waals surface area contributed by atoms with Gasteiger partial charge in [-0.25, -0.2) is 31.3 Å². The fourth-order valence-electron chi connectivity index (χ4n) is 4.49. The third kappa shape index (κ3) is 4.26. The molecule has 1 amide bonds. The van der Waals surface area contributed by atoms with Crippen LogP contribution < -0.4 is 14.8 Å². The molecule has 2 aromatic rings. The number of ether oxygens (including phenoxy) is 1. The molecule has 36 heavy (non-hydrogen) atoms. The standard InChI is InChI=1S/C22H20F3N5O5S/c1-29-9-17-21(20(29)22(32)27-12-4-14(23)19(25)15(24)5-12)35-10-11-7-30(8-16(11)28-36(17,33)34)18-6-13(31)2-3-26-18/h2-5,9,11,16,28H,6-8,10H2,1H3,(H,27,32). The number of hydrogen-bond acceptors (Lipinski definition) is 7.